The first kappa shape index (κ1) is 23.1. The number of guanidine groups is 1. The maximum atomic E-state index is 12.5. The molecule has 2 aromatic carbocycles. The number of morpholine rings is 1. The van der Waals surface area contributed by atoms with Gasteiger partial charge in [-0.3, -0.25) is 0 Å². The molecule has 1 aliphatic rings. The number of hydrogen-bond acceptors (Lipinski definition) is 4. The van der Waals surface area contributed by atoms with E-state index < -0.39 is 6.36 Å². The van der Waals surface area contributed by atoms with Crippen LogP contribution < -0.4 is 20.7 Å². The van der Waals surface area contributed by atoms with Gasteiger partial charge in [0.1, 0.15) is 0 Å². The number of nitrogens with zero attached hydrogens (tertiary/aromatic N) is 2. The fourth-order valence-electron chi connectivity index (χ4n) is 2.89. The summed E-state index contributed by atoms with van der Waals surface area (Å²) in [5, 5.41) is 2.67. The molecular formula is C19H22F3IN4O2. The maximum absolute atomic E-state index is 12.5. The molecule has 0 bridgehead atoms. The van der Waals surface area contributed by atoms with Gasteiger partial charge in [-0.2, -0.15) is 0 Å². The second-order valence-electron chi connectivity index (χ2n) is 6.10. The first-order chi connectivity index (χ1) is 13.4. The molecule has 0 unspecified atom stereocenters. The average molecular weight is 522 g/mol. The van der Waals surface area contributed by atoms with Gasteiger partial charge >= 0.3 is 6.36 Å². The van der Waals surface area contributed by atoms with E-state index in [4.69, 9.17) is 10.5 Å². The lowest BCUT2D eigenvalue weighted by Gasteiger charge is -2.30. The van der Waals surface area contributed by atoms with Crippen molar-refractivity contribution < 1.29 is 22.6 Å². The largest absolute Gasteiger partial charge is 0.573 e. The zero-order valence-electron chi connectivity index (χ0n) is 15.5. The van der Waals surface area contributed by atoms with Crippen LogP contribution in [-0.2, 0) is 11.3 Å². The molecule has 0 atom stereocenters. The van der Waals surface area contributed by atoms with E-state index >= 15 is 0 Å². The number of alkyl halides is 3. The van der Waals surface area contributed by atoms with Crippen LogP contribution in [0.4, 0.5) is 24.5 Å². The summed E-state index contributed by atoms with van der Waals surface area (Å²) < 4.78 is 47.0. The predicted molar refractivity (Wildman–Crippen MR) is 117 cm³/mol. The average Bonchev–Trinajstić information content (AvgIpc) is 2.68. The quantitative estimate of drug-likeness (QED) is 0.354. The highest BCUT2D eigenvalue weighted by Gasteiger charge is 2.32. The molecule has 3 N–H and O–H groups in total. The molecule has 158 valence electrons. The normalized spacial score (nSPS) is 14.9. The van der Waals surface area contributed by atoms with Crippen molar-refractivity contribution in [3.05, 3.63) is 54.1 Å². The first-order valence-electron chi connectivity index (χ1n) is 8.75. The monoisotopic (exact) mass is 522 g/mol. The van der Waals surface area contributed by atoms with E-state index in [9.17, 15) is 13.2 Å². The Hall–Kier alpha value is -2.21. The molecule has 0 radical (unpaired) electrons. The minimum atomic E-state index is -4.79. The summed E-state index contributed by atoms with van der Waals surface area (Å²) in [7, 11) is 0. The third kappa shape index (κ3) is 6.96. The van der Waals surface area contributed by atoms with Crippen LogP contribution in [0, 0.1) is 0 Å². The number of rotatable bonds is 5. The van der Waals surface area contributed by atoms with Gasteiger partial charge in [0.25, 0.3) is 0 Å². The Morgan fingerprint density at radius 1 is 1.10 bits per heavy atom. The Labute approximate surface area is 183 Å². The van der Waals surface area contributed by atoms with Gasteiger partial charge in [-0.15, -0.1) is 37.1 Å². The van der Waals surface area contributed by atoms with Crippen molar-refractivity contribution in [2.75, 3.05) is 36.5 Å². The molecule has 6 nitrogen and oxygen atoms in total. The summed E-state index contributed by atoms with van der Waals surface area (Å²) in [6.45, 7) is 3.19. The number of hydrogen-bond donors (Lipinski definition) is 2. The highest BCUT2D eigenvalue weighted by Crippen LogP contribution is 2.30. The van der Waals surface area contributed by atoms with Crippen LogP contribution in [0.25, 0.3) is 0 Å². The summed E-state index contributed by atoms with van der Waals surface area (Å²) in [6, 6.07) is 13.5. The SMILES string of the molecule is I.NC(=NCc1ccccc1N1CCOCC1)Nc1ccccc1OC(F)(F)F. The van der Waals surface area contributed by atoms with Crippen LogP contribution in [0.15, 0.2) is 53.5 Å². The number of halogens is 4. The molecule has 2 aromatic rings. The fourth-order valence-corrected chi connectivity index (χ4v) is 2.89. The highest BCUT2D eigenvalue weighted by atomic mass is 127. The molecule has 3 rings (SSSR count). The van der Waals surface area contributed by atoms with E-state index in [1.54, 1.807) is 6.07 Å². The summed E-state index contributed by atoms with van der Waals surface area (Å²) in [5.74, 6) is -0.378. The third-order valence-electron chi connectivity index (χ3n) is 4.14. The van der Waals surface area contributed by atoms with Crippen LogP contribution in [0.1, 0.15) is 5.56 Å². The minimum absolute atomic E-state index is 0. The Kier molecular flexibility index (Phi) is 8.38. The highest BCUT2D eigenvalue weighted by molar-refractivity contribution is 14.0. The molecular weight excluding hydrogens is 500 g/mol. The van der Waals surface area contributed by atoms with Crippen molar-refractivity contribution in [3.63, 3.8) is 0 Å². The van der Waals surface area contributed by atoms with E-state index in [2.05, 4.69) is 19.9 Å². The lowest BCUT2D eigenvalue weighted by atomic mass is 10.1. The molecule has 10 heteroatoms. The van der Waals surface area contributed by atoms with Crippen molar-refractivity contribution in [2.45, 2.75) is 12.9 Å². The molecule has 0 aliphatic carbocycles. The molecule has 1 saturated heterocycles. The van der Waals surface area contributed by atoms with Crippen LogP contribution in [0.2, 0.25) is 0 Å². The van der Waals surface area contributed by atoms with Crippen molar-refractivity contribution in [3.8, 4) is 5.75 Å². The van der Waals surface area contributed by atoms with Crippen molar-refractivity contribution in [2.24, 2.45) is 10.7 Å². The standard InChI is InChI=1S/C19H21F3N4O2.HI/c20-19(21,22)28-17-8-4-2-6-15(17)25-18(23)24-13-14-5-1-3-7-16(14)26-9-11-27-12-10-26;/h1-8H,9-13H2,(H3,23,24,25);1H. The van der Waals surface area contributed by atoms with Gasteiger partial charge in [-0.05, 0) is 23.8 Å². The molecule has 1 heterocycles. The minimum Gasteiger partial charge on any atom is -0.404 e. The van der Waals surface area contributed by atoms with Gasteiger partial charge in [-0.1, -0.05) is 30.3 Å². The number of para-hydroxylation sites is 3. The Morgan fingerprint density at radius 3 is 2.48 bits per heavy atom. The summed E-state index contributed by atoms with van der Waals surface area (Å²) >= 11 is 0. The van der Waals surface area contributed by atoms with Gasteiger partial charge < -0.3 is 25.4 Å². The summed E-state index contributed by atoms with van der Waals surface area (Å²) in [5.41, 5.74) is 7.98. The molecule has 0 saturated carbocycles. The molecule has 1 fully saturated rings. The van der Waals surface area contributed by atoms with Crippen molar-refractivity contribution in [1.82, 2.24) is 0 Å². The Morgan fingerprint density at radius 2 is 1.76 bits per heavy atom. The van der Waals surface area contributed by atoms with E-state index in [-0.39, 0.29) is 47.9 Å². The number of nitrogens with two attached hydrogens (primary N) is 1. The van der Waals surface area contributed by atoms with Gasteiger partial charge in [0.2, 0.25) is 0 Å². The van der Waals surface area contributed by atoms with Crippen molar-refractivity contribution >= 4 is 41.3 Å². The molecule has 29 heavy (non-hydrogen) atoms. The summed E-state index contributed by atoms with van der Waals surface area (Å²) in [6.07, 6.45) is -4.79. The van der Waals surface area contributed by atoms with Crippen LogP contribution in [0.5, 0.6) is 5.75 Å². The Balaban J connectivity index is 0.00000300. The van der Waals surface area contributed by atoms with E-state index in [1.807, 2.05) is 24.3 Å². The van der Waals surface area contributed by atoms with Gasteiger partial charge in [0, 0.05) is 18.8 Å². The number of anilines is 2. The van der Waals surface area contributed by atoms with E-state index in [1.165, 1.54) is 18.2 Å². The molecule has 0 spiro atoms. The lowest BCUT2D eigenvalue weighted by molar-refractivity contribution is -0.274. The van der Waals surface area contributed by atoms with Gasteiger partial charge in [-0.25, -0.2) is 4.99 Å². The molecule has 0 amide bonds. The summed E-state index contributed by atoms with van der Waals surface area (Å²) in [4.78, 5) is 6.48. The van der Waals surface area contributed by atoms with Gasteiger partial charge in [0.05, 0.1) is 25.4 Å². The molecule has 0 aromatic heterocycles. The zero-order valence-corrected chi connectivity index (χ0v) is 17.8. The zero-order chi connectivity index (χ0) is 20.0. The smallest absolute Gasteiger partial charge is 0.404 e. The van der Waals surface area contributed by atoms with Gasteiger partial charge in [0.15, 0.2) is 11.7 Å². The third-order valence-corrected chi connectivity index (χ3v) is 4.14. The fraction of sp³-hybridized carbons (Fsp3) is 0.316. The van der Waals surface area contributed by atoms with Crippen LogP contribution >= 0.6 is 24.0 Å². The van der Waals surface area contributed by atoms with E-state index in [0.717, 1.165) is 24.3 Å². The molecule has 1 aliphatic heterocycles. The second kappa shape index (κ2) is 10.5. The van der Waals surface area contributed by atoms with Crippen molar-refractivity contribution in [1.29, 1.82) is 0 Å². The maximum Gasteiger partial charge on any atom is 0.573 e. The van der Waals surface area contributed by atoms with Crippen LogP contribution in [0.3, 0.4) is 0 Å². The number of aliphatic imine (C=N–C) groups is 1. The predicted octanol–water partition coefficient (Wildman–Crippen LogP) is 3.97. The topological polar surface area (TPSA) is 72.1 Å². The number of nitrogens with one attached hydrogen (secondary N) is 1. The second-order valence-corrected chi connectivity index (χ2v) is 6.10. The lowest BCUT2D eigenvalue weighted by Crippen LogP contribution is -2.36. The number of benzene rings is 2. The number of ether oxygens (including phenoxy) is 2. The Bertz CT molecular complexity index is 827. The van der Waals surface area contributed by atoms with E-state index in [0.29, 0.717) is 13.2 Å². The first-order valence-corrected chi connectivity index (χ1v) is 8.75. The van der Waals surface area contributed by atoms with Crippen LogP contribution in [-0.4, -0.2) is 38.6 Å².